The predicted molar refractivity (Wildman–Crippen MR) is 108 cm³/mol. The minimum atomic E-state index is -3.34. The molecule has 2 rings (SSSR count). The van der Waals surface area contributed by atoms with Crippen LogP contribution in [0.5, 0.6) is 0 Å². The molecular formula is C19H36N4O3S. The molecule has 1 unspecified atom stereocenters. The lowest BCUT2D eigenvalue weighted by molar-refractivity contribution is 0.181. The highest BCUT2D eigenvalue weighted by Crippen LogP contribution is 2.20. The second-order valence-electron chi connectivity index (χ2n) is 8.08. The second-order valence-corrected chi connectivity index (χ2v) is 10.3. The van der Waals surface area contributed by atoms with Crippen molar-refractivity contribution in [2.45, 2.75) is 45.4 Å². The number of methoxy groups -OCH3 is 1. The maximum atomic E-state index is 12.3. The third kappa shape index (κ3) is 6.27. The van der Waals surface area contributed by atoms with Crippen molar-refractivity contribution in [2.24, 2.45) is 11.8 Å². The molecule has 7 nitrogen and oxygen atoms in total. The van der Waals surface area contributed by atoms with Crippen LogP contribution in [-0.4, -0.2) is 80.5 Å². The molecule has 0 spiro atoms. The van der Waals surface area contributed by atoms with Crippen molar-refractivity contribution >= 4 is 9.84 Å². The van der Waals surface area contributed by atoms with Crippen LogP contribution in [0, 0.1) is 11.8 Å². The molecule has 1 aliphatic heterocycles. The molecule has 0 amide bonds. The Kier molecular flexibility index (Phi) is 8.27. The molecule has 1 fully saturated rings. The number of nitrogens with zero attached hydrogens (tertiary/aromatic N) is 4. The number of aromatic nitrogens is 2. The van der Waals surface area contributed by atoms with E-state index in [1.54, 1.807) is 24.8 Å². The molecule has 1 aliphatic rings. The molecule has 8 heteroatoms. The number of hydrogen-bond acceptors (Lipinski definition) is 6. The van der Waals surface area contributed by atoms with E-state index >= 15 is 0 Å². The van der Waals surface area contributed by atoms with Crippen LogP contribution >= 0.6 is 0 Å². The molecule has 2 heterocycles. The lowest BCUT2D eigenvalue weighted by Gasteiger charge is -2.23. The van der Waals surface area contributed by atoms with Crippen molar-refractivity contribution in [3.63, 3.8) is 0 Å². The minimum Gasteiger partial charge on any atom is -0.383 e. The number of ether oxygens (including phenoxy) is 1. The highest BCUT2D eigenvalue weighted by atomic mass is 32.2. The molecule has 0 aliphatic carbocycles. The molecule has 1 aromatic heterocycles. The summed E-state index contributed by atoms with van der Waals surface area (Å²) in [5, 5.41) is 0.162. The van der Waals surface area contributed by atoms with Crippen LogP contribution in [-0.2, 0) is 27.7 Å². The first kappa shape index (κ1) is 22.3. The van der Waals surface area contributed by atoms with E-state index in [1.807, 2.05) is 0 Å². The van der Waals surface area contributed by atoms with Gasteiger partial charge < -0.3 is 19.1 Å². The van der Waals surface area contributed by atoms with Gasteiger partial charge in [-0.2, -0.15) is 0 Å². The van der Waals surface area contributed by atoms with Gasteiger partial charge in [-0.1, -0.05) is 20.8 Å². The van der Waals surface area contributed by atoms with Crippen LogP contribution in [0.2, 0.25) is 0 Å². The smallest absolute Gasteiger partial charge is 0.227 e. The molecule has 0 bridgehead atoms. The Balaban J connectivity index is 2.01. The maximum absolute atomic E-state index is 12.3. The van der Waals surface area contributed by atoms with Gasteiger partial charge in [-0.05, 0) is 31.8 Å². The van der Waals surface area contributed by atoms with Gasteiger partial charge in [0.05, 0.1) is 24.3 Å². The Morgan fingerprint density at radius 3 is 2.78 bits per heavy atom. The Hall–Kier alpha value is -0.960. The topological polar surface area (TPSA) is 67.7 Å². The highest BCUT2D eigenvalue weighted by molar-refractivity contribution is 7.91. The molecule has 0 saturated carbocycles. The van der Waals surface area contributed by atoms with Gasteiger partial charge >= 0.3 is 0 Å². The molecule has 0 N–H and O–H groups in total. The van der Waals surface area contributed by atoms with Crippen LogP contribution in [0.4, 0.5) is 0 Å². The second kappa shape index (κ2) is 10.0. The van der Waals surface area contributed by atoms with Gasteiger partial charge in [-0.3, -0.25) is 0 Å². The largest absolute Gasteiger partial charge is 0.383 e. The molecular weight excluding hydrogens is 364 g/mol. The van der Waals surface area contributed by atoms with E-state index in [0.29, 0.717) is 31.5 Å². The van der Waals surface area contributed by atoms with E-state index in [0.717, 1.165) is 18.8 Å². The zero-order chi connectivity index (χ0) is 20.0. The average Bonchev–Trinajstić information content (AvgIpc) is 3.19. The zero-order valence-electron chi connectivity index (χ0n) is 17.5. The summed E-state index contributed by atoms with van der Waals surface area (Å²) in [6.45, 7) is 12.4. The van der Waals surface area contributed by atoms with Crippen molar-refractivity contribution < 1.29 is 13.2 Å². The lowest BCUT2D eigenvalue weighted by Crippen LogP contribution is -2.30. The summed E-state index contributed by atoms with van der Waals surface area (Å²) in [5.74, 6) is 1.43. The fourth-order valence-corrected chi connectivity index (χ4v) is 4.86. The zero-order valence-corrected chi connectivity index (χ0v) is 18.3. The SMILES string of the molecule is CCS(=O)(=O)c1ncc(CN(C)CC2CCN(CC(C)C)C2)n1CCOC. The summed E-state index contributed by atoms with van der Waals surface area (Å²) in [6.07, 6.45) is 2.93. The van der Waals surface area contributed by atoms with E-state index in [9.17, 15) is 8.42 Å². The van der Waals surface area contributed by atoms with Crippen LogP contribution < -0.4 is 0 Å². The maximum Gasteiger partial charge on any atom is 0.227 e. The van der Waals surface area contributed by atoms with Crippen molar-refractivity contribution in [3.8, 4) is 0 Å². The quantitative estimate of drug-likeness (QED) is 0.564. The summed E-state index contributed by atoms with van der Waals surface area (Å²) >= 11 is 0. The van der Waals surface area contributed by atoms with Gasteiger partial charge in [0.25, 0.3) is 0 Å². The van der Waals surface area contributed by atoms with Crippen molar-refractivity contribution in [2.75, 3.05) is 52.7 Å². The average molecular weight is 401 g/mol. The third-order valence-electron chi connectivity index (χ3n) is 5.07. The number of imidazole rings is 1. The molecule has 1 atom stereocenters. The minimum absolute atomic E-state index is 0.0556. The molecule has 1 aromatic rings. The molecule has 0 radical (unpaired) electrons. The molecule has 156 valence electrons. The fraction of sp³-hybridized carbons (Fsp3) is 0.842. The first-order valence-electron chi connectivity index (χ1n) is 9.93. The Morgan fingerprint density at radius 1 is 1.41 bits per heavy atom. The highest BCUT2D eigenvalue weighted by Gasteiger charge is 2.25. The standard InChI is InChI=1S/C19H36N4O3S/c1-6-27(24,25)19-20-11-18(23(19)9-10-26-5)15-21(4)13-17-7-8-22(14-17)12-16(2)3/h11,16-17H,6-10,12-15H2,1-5H3. The summed E-state index contributed by atoms with van der Waals surface area (Å²) in [7, 11) is 0.384. The molecule has 1 saturated heterocycles. The van der Waals surface area contributed by atoms with Gasteiger partial charge in [0.15, 0.2) is 0 Å². The first-order valence-corrected chi connectivity index (χ1v) is 11.6. The Bertz CT molecular complexity index is 687. The van der Waals surface area contributed by atoms with Crippen LogP contribution in [0.25, 0.3) is 0 Å². The summed E-state index contributed by atoms with van der Waals surface area (Å²) in [5.41, 5.74) is 0.929. The van der Waals surface area contributed by atoms with Gasteiger partial charge in [-0.25, -0.2) is 13.4 Å². The third-order valence-corrected chi connectivity index (χ3v) is 6.72. The van der Waals surface area contributed by atoms with E-state index in [2.05, 4.69) is 35.7 Å². The van der Waals surface area contributed by atoms with Gasteiger partial charge in [-0.15, -0.1) is 0 Å². The van der Waals surface area contributed by atoms with Crippen molar-refractivity contribution in [1.82, 2.24) is 19.4 Å². The van der Waals surface area contributed by atoms with Crippen LogP contribution in [0.15, 0.2) is 11.4 Å². The summed E-state index contributed by atoms with van der Waals surface area (Å²) in [4.78, 5) is 9.06. The Labute approximate surface area is 164 Å². The predicted octanol–water partition coefficient (Wildman–Crippen LogP) is 1.73. The number of rotatable bonds is 11. The summed E-state index contributed by atoms with van der Waals surface area (Å²) < 4.78 is 31.7. The molecule has 0 aromatic carbocycles. The monoisotopic (exact) mass is 400 g/mol. The van der Waals surface area contributed by atoms with E-state index < -0.39 is 9.84 Å². The van der Waals surface area contributed by atoms with Crippen LogP contribution in [0.1, 0.15) is 32.9 Å². The van der Waals surface area contributed by atoms with Crippen LogP contribution in [0.3, 0.4) is 0 Å². The molecule has 27 heavy (non-hydrogen) atoms. The van der Waals surface area contributed by atoms with E-state index in [-0.39, 0.29) is 10.9 Å². The normalized spacial score (nSPS) is 18.9. The number of sulfone groups is 1. The van der Waals surface area contributed by atoms with Gasteiger partial charge in [0.1, 0.15) is 0 Å². The van der Waals surface area contributed by atoms with Crippen molar-refractivity contribution in [1.29, 1.82) is 0 Å². The lowest BCUT2D eigenvalue weighted by atomic mass is 10.1. The van der Waals surface area contributed by atoms with E-state index in [4.69, 9.17) is 4.74 Å². The fourth-order valence-electron chi connectivity index (χ4n) is 3.84. The van der Waals surface area contributed by atoms with Gasteiger partial charge in [0, 0.05) is 39.8 Å². The van der Waals surface area contributed by atoms with Crippen molar-refractivity contribution in [3.05, 3.63) is 11.9 Å². The Morgan fingerprint density at radius 2 is 2.15 bits per heavy atom. The number of hydrogen-bond donors (Lipinski definition) is 0. The van der Waals surface area contributed by atoms with Gasteiger partial charge in [0.2, 0.25) is 15.0 Å². The summed E-state index contributed by atoms with van der Waals surface area (Å²) in [6, 6.07) is 0. The van der Waals surface area contributed by atoms with E-state index in [1.165, 1.54) is 19.5 Å². The first-order chi connectivity index (χ1) is 12.8. The number of likely N-dealkylation sites (tertiary alicyclic amines) is 1.